The predicted molar refractivity (Wildman–Crippen MR) is 381 cm³/mol. The van der Waals surface area contributed by atoms with Gasteiger partial charge in [-0.15, -0.1) is 0 Å². The molecule has 0 fully saturated rings. The highest BCUT2D eigenvalue weighted by atomic mass is 16.5. The van der Waals surface area contributed by atoms with E-state index in [9.17, 15) is 72.5 Å². The van der Waals surface area contributed by atoms with E-state index < -0.39 is 162 Å². The number of H-pyrrole nitrogens is 1. The number of carbonyl (C=O) groups is 13. The van der Waals surface area contributed by atoms with Crippen molar-refractivity contribution < 1.29 is 77.3 Å². The van der Waals surface area contributed by atoms with Crippen LogP contribution in [0.4, 0.5) is 5.69 Å². The van der Waals surface area contributed by atoms with Gasteiger partial charge in [0.1, 0.15) is 54.4 Å². The molecule has 0 bridgehead atoms. The summed E-state index contributed by atoms with van der Waals surface area (Å²) < 4.78 is 5.61. The van der Waals surface area contributed by atoms with Gasteiger partial charge in [0.2, 0.25) is 65.0 Å². The Balaban J connectivity index is 1.52. The maximum absolute atomic E-state index is 14.5. The average Bonchev–Trinajstić information content (AvgIpc) is 1.63. The standard InChI is InChI=1S/C69H106N18O16/c1-36(2)30-53(65(98)81-47(19-25-71)60(93)78-46(18-24-70)58(75)91)84-66(99)54(33-43-14-10-9-11-15-43)85-62(95)48(20-26-72)80-63(96)51(23-29-76-56(90)32-39(5)88)82-61(94)49(21-27-73)83-67(100)57(42(8)89)86-64(97)50(22-28-74)79-59(92)40(6)41(7)69(102)103-35-87-55-17-13-12-16-44(55)45(68(87)101)34-52-37(3)31-38(4)77-52/h9-17,31,34,36,39-42,46-51,53-54,57,77,88-89H,18-30,32-33,35,70-74H2,1-8H3,(H2,75,91)(H,76,90)(H,78,93)(H,79,92)(H,80,96)(H,81,98)(H,82,94)(H,83,100)(H,84,99)(H,85,95)(H,86,97)/b45-34-/t39-,40?,41?,42-,46+,47+,48+,49+,50+,51+,53+,54-,57+/m1/s1. The number of esters is 1. The Morgan fingerprint density at radius 1 is 0.534 bits per heavy atom. The summed E-state index contributed by atoms with van der Waals surface area (Å²) in [5.74, 6) is -13.7. The minimum absolute atomic E-state index is 0.00721. The number of ether oxygens (including phenoxy) is 1. The largest absolute Gasteiger partial charge is 0.444 e. The summed E-state index contributed by atoms with van der Waals surface area (Å²) in [7, 11) is 0. The second kappa shape index (κ2) is 42.6. The summed E-state index contributed by atoms with van der Waals surface area (Å²) in [6.07, 6.45) is -2.69. The summed E-state index contributed by atoms with van der Waals surface area (Å²) in [4.78, 5) is 184. The number of rotatable bonds is 44. The first kappa shape index (κ1) is 85.7. The zero-order chi connectivity index (χ0) is 76.8. The van der Waals surface area contributed by atoms with Gasteiger partial charge in [-0.25, -0.2) is 0 Å². The van der Waals surface area contributed by atoms with Crippen molar-refractivity contribution in [3.8, 4) is 0 Å². The molecule has 2 heterocycles. The smallest absolute Gasteiger partial charge is 0.311 e. The van der Waals surface area contributed by atoms with E-state index in [0.29, 0.717) is 22.4 Å². The van der Waals surface area contributed by atoms with E-state index in [0.717, 1.165) is 23.9 Å². The van der Waals surface area contributed by atoms with Crippen LogP contribution in [0.25, 0.3) is 11.6 Å². The first-order valence-electron chi connectivity index (χ1n) is 34.4. The number of hydrogen-bond acceptors (Lipinski definition) is 21. The van der Waals surface area contributed by atoms with Crippen molar-refractivity contribution in [1.82, 2.24) is 58.2 Å². The van der Waals surface area contributed by atoms with E-state index in [1.165, 1.54) is 25.7 Å². The molecule has 25 N–H and O–H groups in total. The quantitative estimate of drug-likeness (QED) is 0.0189. The molecule has 568 valence electrons. The maximum Gasteiger partial charge on any atom is 0.311 e. The molecule has 103 heavy (non-hydrogen) atoms. The molecule has 2 aromatic carbocycles. The normalized spacial score (nSPS) is 16.1. The van der Waals surface area contributed by atoms with E-state index in [2.05, 4.69) is 58.2 Å². The number of hydrogen-bond donors (Lipinski definition) is 19. The van der Waals surface area contributed by atoms with Gasteiger partial charge in [0.25, 0.3) is 5.91 Å². The predicted octanol–water partition coefficient (Wildman–Crippen LogP) is -4.17. The third kappa shape index (κ3) is 26.9. The molecule has 4 rings (SSSR count). The molecule has 13 atom stereocenters. The molecule has 0 radical (unpaired) electrons. The van der Waals surface area contributed by atoms with Crippen molar-refractivity contribution in [1.29, 1.82) is 0 Å². The summed E-state index contributed by atoms with van der Waals surface area (Å²) >= 11 is 0. The zero-order valence-electron chi connectivity index (χ0n) is 59.8. The second-order valence-corrected chi connectivity index (χ2v) is 26.0. The summed E-state index contributed by atoms with van der Waals surface area (Å²) in [5, 5.41) is 46.2. The van der Waals surface area contributed by atoms with E-state index in [4.69, 9.17) is 39.1 Å². The molecule has 34 heteroatoms. The van der Waals surface area contributed by atoms with Gasteiger partial charge >= 0.3 is 5.97 Å². The van der Waals surface area contributed by atoms with Crippen LogP contribution in [0, 0.1) is 31.6 Å². The Hall–Kier alpha value is -9.71. The molecule has 2 unspecified atom stereocenters. The molecule has 0 saturated heterocycles. The average molecular weight is 1440 g/mol. The van der Waals surface area contributed by atoms with E-state index in [1.54, 1.807) is 74.5 Å². The van der Waals surface area contributed by atoms with Crippen molar-refractivity contribution in [2.24, 2.45) is 52.2 Å². The van der Waals surface area contributed by atoms with Crippen molar-refractivity contribution in [2.75, 3.05) is 50.9 Å². The summed E-state index contributed by atoms with van der Waals surface area (Å²) in [6, 6.07) is 4.12. The van der Waals surface area contributed by atoms with Crippen LogP contribution in [0.15, 0.2) is 60.7 Å². The van der Waals surface area contributed by atoms with Crippen molar-refractivity contribution >= 4 is 94.2 Å². The Kier molecular flexibility index (Phi) is 35.5. The fourth-order valence-electron chi connectivity index (χ4n) is 11.1. The summed E-state index contributed by atoms with van der Waals surface area (Å²) in [5.41, 5.74) is 39.3. The maximum atomic E-state index is 14.5. The third-order valence-corrected chi connectivity index (χ3v) is 17.0. The van der Waals surface area contributed by atoms with Crippen LogP contribution in [0.2, 0.25) is 0 Å². The molecule has 34 nitrogen and oxygen atoms in total. The number of aliphatic hydroxyl groups excluding tert-OH is 2. The number of nitrogens with one attached hydrogen (secondary N) is 11. The van der Waals surface area contributed by atoms with Gasteiger partial charge < -0.3 is 108 Å². The minimum atomic E-state index is -1.82. The second-order valence-electron chi connectivity index (χ2n) is 26.0. The van der Waals surface area contributed by atoms with Crippen LogP contribution < -0.4 is 92.5 Å². The minimum Gasteiger partial charge on any atom is -0.444 e. The van der Waals surface area contributed by atoms with Crippen LogP contribution in [-0.2, 0) is 73.5 Å². The van der Waals surface area contributed by atoms with Crippen LogP contribution in [0.5, 0.6) is 0 Å². The molecule has 0 spiro atoms. The molecule has 0 saturated carbocycles. The Morgan fingerprint density at radius 3 is 1.46 bits per heavy atom. The van der Waals surface area contributed by atoms with Gasteiger partial charge in [0.15, 0.2) is 6.73 Å². The van der Waals surface area contributed by atoms with E-state index >= 15 is 0 Å². The van der Waals surface area contributed by atoms with Gasteiger partial charge in [0.05, 0.1) is 35.8 Å². The highest BCUT2D eigenvalue weighted by molar-refractivity contribution is 6.35. The third-order valence-electron chi connectivity index (χ3n) is 17.0. The highest BCUT2D eigenvalue weighted by Crippen LogP contribution is 2.38. The number of aliphatic hydroxyl groups is 2. The zero-order valence-corrected chi connectivity index (χ0v) is 59.8. The Labute approximate surface area is 599 Å². The van der Waals surface area contributed by atoms with Crippen LogP contribution in [0.1, 0.15) is 121 Å². The van der Waals surface area contributed by atoms with Gasteiger partial charge in [-0.05, 0) is 141 Å². The molecule has 1 aliphatic heterocycles. The lowest BCUT2D eigenvalue weighted by Gasteiger charge is -2.29. The molecule has 12 amide bonds. The van der Waals surface area contributed by atoms with Crippen molar-refractivity contribution in [3.05, 3.63) is 88.7 Å². The monoisotopic (exact) mass is 1440 g/mol. The molecular formula is C69H106N18O16. The number of aromatic nitrogens is 1. The number of carbonyl (C=O) groups excluding carboxylic acids is 13. The van der Waals surface area contributed by atoms with Gasteiger partial charge in [-0.2, -0.15) is 0 Å². The molecule has 0 aliphatic carbocycles. The molecule has 1 aliphatic rings. The number of aryl methyl sites for hydroxylation is 2. The lowest BCUT2D eigenvalue weighted by molar-refractivity contribution is -0.152. The van der Waals surface area contributed by atoms with Crippen LogP contribution in [0.3, 0.4) is 0 Å². The SMILES string of the molecule is Cc1cc(C)c(/C=C2\C(=O)N(COC(=O)C(C)C(C)C(=O)N[C@@H](CCN)C(=O)N[C@H](C(=O)N[C@@H](CCN)C(=O)N[C@@H](CCNC(=O)C[C@@H](C)O)C(=O)N[C@@H](CCN)C(=O)N[C@H](Cc3ccccc3)C(=O)N[C@@H](CC(C)C)C(=O)N[C@@H](CCN)C(=O)N[C@@H](CCN)C(N)=O)[C@@H](C)O)c3ccccc32)[nH]1. The van der Waals surface area contributed by atoms with Gasteiger partial charge in [0, 0.05) is 35.8 Å². The lowest BCUT2D eigenvalue weighted by atomic mass is 9.94. The van der Waals surface area contributed by atoms with Crippen molar-refractivity contribution in [2.45, 2.75) is 180 Å². The molecule has 3 aromatic rings. The van der Waals surface area contributed by atoms with Crippen LogP contribution in [-0.4, -0.2) is 205 Å². The van der Waals surface area contributed by atoms with Gasteiger partial charge in [-0.3, -0.25) is 67.2 Å². The lowest BCUT2D eigenvalue weighted by Crippen LogP contribution is -2.62. The number of amides is 12. The van der Waals surface area contributed by atoms with Crippen LogP contribution >= 0.6 is 0 Å². The molecular weight excluding hydrogens is 1340 g/mol. The fraction of sp³-hybridized carbons (Fsp3) is 0.551. The summed E-state index contributed by atoms with van der Waals surface area (Å²) in [6.45, 7) is 11.2. The van der Waals surface area contributed by atoms with E-state index in [1.807, 2.05) is 19.9 Å². The number of primary amides is 1. The number of anilines is 1. The number of aromatic amines is 1. The van der Waals surface area contributed by atoms with Gasteiger partial charge in [-0.1, -0.05) is 76.2 Å². The number of nitrogens with two attached hydrogens (primary N) is 6. The molecule has 1 aromatic heterocycles. The Bertz CT molecular complexity index is 3440. The number of para-hydroxylation sites is 1. The number of benzene rings is 2. The number of fused-ring (bicyclic) bond motifs is 1. The highest BCUT2D eigenvalue weighted by Gasteiger charge is 2.39. The topological polar surface area (TPSA) is 567 Å². The van der Waals surface area contributed by atoms with E-state index in [-0.39, 0.29) is 103 Å². The fourth-order valence-corrected chi connectivity index (χ4v) is 11.1. The number of nitrogens with zero attached hydrogens (tertiary/aromatic N) is 1. The Morgan fingerprint density at radius 2 is 0.971 bits per heavy atom. The van der Waals surface area contributed by atoms with Crippen molar-refractivity contribution in [3.63, 3.8) is 0 Å². The first-order chi connectivity index (χ1) is 48.8. The first-order valence-corrected chi connectivity index (χ1v) is 34.4.